The van der Waals surface area contributed by atoms with Crippen molar-refractivity contribution >= 4 is 33.3 Å². The van der Waals surface area contributed by atoms with Crippen molar-refractivity contribution in [2.24, 2.45) is 0 Å². The normalized spacial score (nSPS) is 11.0. The standard InChI is InChI=1S/C19H22N2O5S/c1-13-8-7-11-17(14(13)2)21(27(4,24)25)12-18(22)20-16-10-6-5-9-15(16)19(23)26-3/h5-11H,12H2,1-4H3,(H,20,22). The van der Waals surface area contributed by atoms with Gasteiger partial charge in [-0.2, -0.15) is 0 Å². The highest BCUT2D eigenvalue weighted by atomic mass is 32.2. The molecule has 2 aromatic carbocycles. The van der Waals surface area contributed by atoms with Gasteiger partial charge in [0, 0.05) is 0 Å². The van der Waals surface area contributed by atoms with E-state index in [0.29, 0.717) is 5.69 Å². The first-order chi connectivity index (χ1) is 12.6. The molecule has 1 N–H and O–H groups in total. The molecular weight excluding hydrogens is 368 g/mol. The highest BCUT2D eigenvalue weighted by Gasteiger charge is 2.23. The summed E-state index contributed by atoms with van der Waals surface area (Å²) >= 11 is 0. The molecule has 2 rings (SSSR count). The highest BCUT2D eigenvalue weighted by Crippen LogP contribution is 2.25. The molecule has 0 fully saturated rings. The third kappa shape index (κ3) is 4.85. The molecule has 2 aromatic rings. The van der Waals surface area contributed by atoms with Crippen molar-refractivity contribution in [2.75, 3.05) is 29.5 Å². The molecule has 0 radical (unpaired) electrons. The Hall–Kier alpha value is -2.87. The first kappa shape index (κ1) is 20.4. The van der Waals surface area contributed by atoms with Crippen molar-refractivity contribution < 1.29 is 22.7 Å². The van der Waals surface area contributed by atoms with E-state index in [1.54, 1.807) is 37.3 Å². The summed E-state index contributed by atoms with van der Waals surface area (Å²) in [7, 11) is -2.45. The second-order valence-electron chi connectivity index (χ2n) is 6.07. The summed E-state index contributed by atoms with van der Waals surface area (Å²) in [6.45, 7) is 3.25. The maximum atomic E-state index is 12.5. The number of amides is 1. The van der Waals surface area contributed by atoms with Gasteiger partial charge < -0.3 is 10.1 Å². The monoisotopic (exact) mass is 390 g/mol. The molecule has 27 heavy (non-hydrogen) atoms. The number of aryl methyl sites for hydroxylation is 1. The Bertz CT molecular complexity index is 970. The minimum Gasteiger partial charge on any atom is -0.465 e. The molecule has 0 aliphatic rings. The fourth-order valence-electron chi connectivity index (χ4n) is 2.59. The van der Waals surface area contributed by atoms with Crippen LogP contribution in [0.5, 0.6) is 0 Å². The van der Waals surface area contributed by atoms with Gasteiger partial charge in [0.1, 0.15) is 6.54 Å². The van der Waals surface area contributed by atoms with Gasteiger partial charge in [-0.3, -0.25) is 9.10 Å². The van der Waals surface area contributed by atoms with E-state index in [2.05, 4.69) is 5.32 Å². The first-order valence-corrected chi connectivity index (χ1v) is 10.0. The molecule has 0 unspecified atom stereocenters. The van der Waals surface area contributed by atoms with Gasteiger partial charge in [0.25, 0.3) is 0 Å². The number of carbonyl (C=O) groups is 2. The van der Waals surface area contributed by atoms with Gasteiger partial charge >= 0.3 is 5.97 Å². The van der Waals surface area contributed by atoms with Crippen LogP contribution in [0.3, 0.4) is 0 Å². The second-order valence-corrected chi connectivity index (χ2v) is 7.98. The molecule has 0 aliphatic heterocycles. The Morgan fingerprint density at radius 3 is 2.37 bits per heavy atom. The molecule has 0 aromatic heterocycles. The lowest BCUT2D eigenvalue weighted by Gasteiger charge is -2.24. The number of hydrogen-bond donors (Lipinski definition) is 1. The quantitative estimate of drug-likeness (QED) is 0.765. The largest absolute Gasteiger partial charge is 0.465 e. The summed E-state index contributed by atoms with van der Waals surface area (Å²) in [5, 5.41) is 2.59. The number of hydrogen-bond acceptors (Lipinski definition) is 5. The van der Waals surface area contributed by atoms with Crippen LogP contribution in [0.1, 0.15) is 21.5 Å². The fraction of sp³-hybridized carbons (Fsp3) is 0.263. The number of sulfonamides is 1. The zero-order chi connectivity index (χ0) is 20.2. The Morgan fingerprint density at radius 2 is 1.74 bits per heavy atom. The predicted octanol–water partition coefficient (Wildman–Crippen LogP) is 2.49. The maximum Gasteiger partial charge on any atom is 0.339 e. The zero-order valence-electron chi connectivity index (χ0n) is 15.6. The summed E-state index contributed by atoms with van der Waals surface area (Å²) < 4.78 is 30.3. The van der Waals surface area contributed by atoms with Crippen LogP contribution in [0.25, 0.3) is 0 Å². The average molecular weight is 390 g/mol. The van der Waals surface area contributed by atoms with E-state index in [9.17, 15) is 18.0 Å². The summed E-state index contributed by atoms with van der Waals surface area (Å²) in [5.41, 5.74) is 2.56. The number of methoxy groups -OCH3 is 1. The van der Waals surface area contributed by atoms with Gasteiger partial charge in [-0.25, -0.2) is 13.2 Å². The molecule has 0 saturated carbocycles. The van der Waals surface area contributed by atoms with E-state index in [4.69, 9.17) is 4.74 Å². The van der Waals surface area contributed by atoms with E-state index in [-0.39, 0.29) is 11.3 Å². The van der Waals surface area contributed by atoms with Crippen LogP contribution in [-0.4, -0.2) is 40.2 Å². The summed E-state index contributed by atoms with van der Waals surface area (Å²) in [6, 6.07) is 11.6. The van der Waals surface area contributed by atoms with Gasteiger partial charge in [-0.05, 0) is 43.2 Å². The number of anilines is 2. The number of benzene rings is 2. The Morgan fingerprint density at radius 1 is 1.07 bits per heavy atom. The number of rotatable bonds is 6. The van der Waals surface area contributed by atoms with E-state index in [0.717, 1.165) is 21.7 Å². The SMILES string of the molecule is COC(=O)c1ccccc1NC(=O)CN(c1cccc(C)c1C)S(C)(=O)=O. The second kappa shape index (κ2) is 8.22. The summed E-state index contributed by atoms with van der Waals surface area (Å²) in [5.74, 6) is -1.17. The Labute approximate surface area is 159 Å². The van der Waals surface area contributed by atoms with Crippen molar-refractivity contribution in [1.29, 1.82) is 0 Å². The molecule has 0 saturated heterocycles. The van der Waals surface area contributed by atoms with Crippen LogP contribution in [0.2, 0.25) is 0 Å². The third-order valence-electron chi connectivity index (χ3n) is 4.14. The predicted molar refractivity (Wildman–Crippen MR) is 105 cm³/mol. The van der Waals surface area contributed by atoms with Crippen LogP contribution in [0.4, 0.5) is 11.4 Å². The van der Waals surface area contributed by atoms with Gasteiger partial charge in [0.05, 0.1) is 30.3 Å². The average Bonchev–Trinajstić information content (AvgIpc) is 2.61. The van der Waals surface area contributed by atoms with Crippen LogP contribution < -0.4 is 9.62 Å². The lowest BCUT2D eigenvalue weighted by Crippen LogP contribution is -2.38. The highest BCUT2D eigenvalue weighted by molar-refractivity contribution is 7.92. The van der Waals surface area contributed by atoms with Crippen LogP contribution in [-0.2, 0) is 19.6 Å². The smallest absolute Gasteiger partial charge is 0.339 e. The lowest BCUT2D eigenvalue weighted by molar-refractivity contribution is -0.114. The van der Waals surface area contributed by atoms with Crippen molar-refractivity contribution in [1.82, 2.24) is 0 Å². The van der Waals surface area contributed by atoms with E-state index in [1.165, 1.54) is 13.2 Å². The fourth-order valence-corrected chi connectivity index (χ4v) is 3.49. The summed E-state index contributed by atoms with van der Waals surface area (Å²) in [4.78, 5) is 24.4. The minimum atomic E-state index is -3.69. The Kier molecular flexibility index (Phi) is 6.22. The molecule has 0 atom stereocenters. The van der Waals surface area contributed by atoms with Gasteiger partial charge in [0.15, 0.2) is 0 Å². The number of nitrogens with one attached hydrogen (secondary N) is 1. The van der Waals surface area contributed by atoms with Crippen LogP contribution >= 0.6 is 0 Å². The number of ether oxygens (including phenoxy) is 1. The molecular formula is C19H22N2O5S. The lowest BCUT2D eigenvalue weighted by atomic mass is 10.1. The van der Waals surface area contributed by atoms with Gasteiger partial charge in [-0.1, -0.05) is 24.3 Å². The molecule has 8 heteroatoms. The minimum absolute atomic E-state index is 0.186. The molecule has 144 valence electrons. The maximum absolute atomic E-state index is 12.5. The van der Waals surface area contributed by atoms with Crippen molar-refractivity contribution in [2.45, 2.75) is 13.8 Å². The van der Waals surface area contributed by atoms with Crippen molar-refractivity contribution in [3.05, 3.63) is 59.2 Å². The topological polar surface area (TPSA) is 92.8 Å². The van der Waals surface area contributed by atoms with Crippen LogP contribution in [0.15, 0.2) is 42.5 Å². The molecule has 0 spiro atoms. The Balaban J connectivity index is 2.31. The van der Waals surface area contributed by atoms with Crippen molar-refractivity contribution in [3.63, 3.8) is 0 Å². The van der Waals surface area contributed by atoms with E-state index >= 15 is 0 Å². The molecule has 7 nitrogen and oxygen atoms in total. The third-order valence-corrected chi connectivity index (χ3v) is 5.27. The zero-order valence-corrected chi connectivity index (χ0v) is 16.5. The van der Waals surface area contributed by atoms with E-state index < -0.39 is 28.4 Å². The summed E-state index contributed by atoms with van der Waals surface area (Å²) in [6.07, 6.45) is 1.05. The number of para-hydroxylation sites is 1. The van der Waals surface area contributed by atoms with E-state index in [1.807, 2.05) is 13.0 Å². The van der Waals surface area contributed by atoms with Crippen LogP contribution in [0, 0.1) is 13.8 Å². The molecule has 0 heterocycles. The first-order valence-electron chi connectivity index (χ1n) is 8.16. The number of carbonyl (C=O) groups excluding carboxylic acids is 2. The van der Waals surface area contributed by atoms with Gasteiger partial charge in [0.2, 0.25) is 15.9 Å². The molecule has 0 bridgehead atoms. The molecule has 0 aliphatic carbocycles. The number of nitrogens with zero attached hydrogens (tertiary/aromatic N) is 1. The molecule has 1 amide bonds. The number of esters is 1. The van der Waals surface area contributed by atoms with Gasteiger partial charge in [-0.15, -0.1) is 0 Å². The van der Waals surface area contributed by atoms with Crippen molar-refractivity contribution in [3.8, 4) is 0 Å².